The number of nitrogens with zero attached hydrogens (tertiary/aromatic N) is 1. The first-order valence-electron chi connectivity index (χ1n) is 7.90. The summed E-state index contributed by atoms with van der Waals surface area (Å²) in [5, 5.41) is 1.22. The van der Waals surface area contributed by atoms with E-state index in [0.717, 1.165) is 5.52 Å². The molecule has 1 aromatic heterocycles. The molecule has 1 unspecified atom stereocenters. The number of rotatable bonds is 2. The van der Waals surface area contributed by atoms with Crippen molar-refractivity contribution in [3.05, 3.63) is 83.1 Å². The summed E-state index contributed by atoms with van der Waals surface area (Å²) in [7, 11) is 0. The van der Waals surface area contributed by atoms with Gasteiger partial charge in [0.1, 0.15) is 0 Å². The molecule has 1 heterocycles. The average Bonchev–Trinajstić information content (AvgIpc) is 2.94. The minimum atomic E-state index is 0.329. The van der Waals surface area contributed by atoms with E-state index in [1.54, 1.807) is 0 Å². The molecule has 0 aliphatic heterocycles. The number of hydrogen-bond donors (Lipinski definition) is 0. The van der Waals surface area contributed by atoms with E-state index >= 15 is 0 Å². The predicted molar refractivity (Wildman–Crippen MR) is 92.8 cm³/mol. The van der Waals surface area contributed by atoms with E-state index in [1.807, 2.05) is 12.3 Å². The van der Waals surface area contributed by atoms with Crippen LogP contribution < -0.4 is 0 Å². The van der Waals surface area contributed by atoms with Crippen LogP contribution in [0.25, 0.3) is 17.0 Å². The molecule has 0 saturated carbocycles. The molecule has 0 amide bonds. The monoisotopic (exact) mass is 285 g/mol. The Balaban J connectivity index is 1.98. The van der Waals surface area contributed by atoms with Gasteiger partial charge in [0.25, 0.3) is 0 Å². The van der Waals surface area contributed by atoms with Crippen molar-refractivity contribution >= 4 is 17.0 Å². The molecule has 1 aliphatic rings. The molecule has 2 aromatic carbocycles. The molecule has 0 saturated heterocycles. The van der Waals surface area contributed by atoms with Crippen LogP contribution in [0, 0.1) is 5.92 Å². The standard InChI is InChI=1S/C21H19N/c1-14(2)19-13-16-7-3-4-10-17(16)20(19)18-11-5-8-15-9-6-12-22-21(15)18/h3-14,20H,1-2H3. The van der Waals surface area contributed by atoms with Gasteiger partial charge < -0.3 is 0 Å². The molecule has 22 heavy (non-hydrogen) atoms. The van der Waals surface area contributed by atoms with Crippen molar-refractivity contribution in [3.63, 3.8) is 0 Å². The average molecular weight is 285 g/mol. The second kappa shape index (κ2) is 5.10. The zero-order chi connectivity index (χ0) is 15.1. The van der Waals surface area contributed by atoms with Crippen molar-refractivity contribution in [2.75, 3.05) is 0 Å². The molecule has 1 heteroatoms. The number of aromatic nitrogens is 1. The van der Waals surface area contributed by atoms with Crippen LogP contribution in [0.5, 0.6) is 0 Å². The number of benzene rings is 2. The van der Waals surface area contributed by atoms with Gasteiger partial charge in [-0.25, -0.2) is 0 Å². The Morgan fingerprint density at radius 2 is 1.64 bits per heavy atom. The van der Waals surface area contributed by atoms with Gasteiger partial charge in [0.2, 0.25) is 0 Å². The molecule has 0 radical (unpaired) electrons. The van der Waals surface area contributed by atoms with Gasteiger partial charge in [0.05, 0.1) is 5.52 Å². The van der Waals surface area contributed by atoms with Gasteiger partial charge in [-0.2, -0.15) is 0 Å². The van der Waals surface area contributed by atoms with E-state index in [2.05, 4.69) is 73.4 Å². The van der Waals surface area contributed by atoms with E-state index in [1.165, 1.54) is 27.6 Å². The zero-order valence-corrected chi connectivity index (χ0v) is 13.0. The highest BCUT2D eigenvalue weighted by Crippen LogP contribution is 2.45. The minimum Gasteiger partial charge on any atom is -0.256 e. The lowest BCUT2D eigenvalue weighted by Crippen LogP contribution is -2.07. The SMILES string of the molecule is CC(C)C1=Cc2ccccc2C1c1cccc2cccnc12. The van der Waals surface area contributed by atoms with Crippen molar-refractivity contribution in [2.45, 2.75) is 19.8 Å². The Hall–Kier alpha value is -2.41. The van der Waals surface area contributed by atoms with Gasteiger partial charge in [0, 0.05) is 17.5 Å². The fraction of sp³-hybridized carbons (Fsp3) is 0.190. The van der Waals surface area contributed by atoms with Crippen LogP contribution in [0.1, 0.15) is 36.5 Å². The predicted octanol–water partition coefficient (Wildman–Crippen LogP) is 5.42. The summed E-state index contributed by atoms with van der Waals surface area (Å²) < 4.78 is 0. The summed E-state index contributed by atoms with van der Waals surface area (Å²) in [5.74, 6) is 0.853. The molecule has 0 N–H and O–H groups in total. The fourth-order valence-electron chi connectivity index (χ4n) is 3.56. The summed E-state index contributed by atoms with van der Waals surface area (Å²) in [6, 6.07) is 19.4. The molecule has 4 rings (SSSR count). The molecular weight excluding hydrogens is 266 g/mol. The summed E-state index contributed by atoms with van der Waals surface area (Å²) in [6.45, 7) is 4.56. The highest BCUT2D eigenvalue weighted by Gasteiger charge is 2.29. The van der Waals surface area contributed by atoms with E-state index in [0.29, 0.717) is 11.8 Å². The van der Waals surface area contributed by atoms with Crippen LogP contribution in [-0.2, 0) is 0 Å². The maximum atomic E-state index is 4.67. The third-order valence-electron chi connectivity index (χ3n) is 4.60. The Kier molecular flexibility index (Phi) is 3.07. The third-order valence-corrected chi connectivity index (χ3v) is 4.60. The molecular formula is C21H19N. The van der Waals surface area contributed by atoms with Gasteiger partial charge in [-0.15, -0.1) is 0 Å². The zero-order valence-electron chi connectivity index (χ0n) is 13.0. The molecule has 0 bridgehead atoms. The lowest BCUT2D eigenvalue weighted by Gasteiger charge is -2.21. The minimum absolute atomic E-state index is 0.329. The van der Waals surface area contributed by atoms with Crippen LogP contribution in [-0.4, -0.2) is 4.98 Å². The van der Waals surface area contributed by atoms with Crippen molar-refractivity contribution < 1.29 is 0 Å². The van der Waals surface area contributed by atoms with E-state index < -0.39 is 0 Å². The Morgan fingerprint density at radius 3 is 2.50 bits per heavy atom. The highest BCUT2D eigenvalue weighted by atomic mass is 14.7. The van der Waals surface area contributed by atoms with Crippen LogP contribution in [0.4, 0.5) is 0 Å². The van der Waals surface area contributed by atoms with Crippen LogP contribution in [0.3, 0.4) is 0 Å². The molecule has 0 spiro atoms. The topological polar surface area (TPSA) is 12.9 Å². The van der Waals surface area contributed by atoms with Crippen molar-refractivity contribution in [1.29, 1.82) is 0 Å². The Morgan fingerprint density at radius 1 is 0.864 bits per heavy atom. The maximum Gasteiger partial charge on any atom is 0.0743 e. The first kappa shape index (κ1) is 13.3. The number of hydrogen-bond acceptors (Lipinski definition) is 1. The second-order valence-electron chi connectivity index (χ2n) is 6.28. The first-order valence-corrected chi connectivity index (χ1v) is 7.90. The first-order chi connectivity index (χ1) is 10.8. The highest BCUT2D eigenvalue weighted by molar-refractivity contribution is 5.85. The Labute approximate surface area is 131 Å². The van der Waals surface area contributed by atoms with Gasteiger partial charge in [0.15, 0.2) is 0 Å². The summed E-state index contributed by atoms with van der Waals surface area (Å²) in [4.78, 5) is 4.67. The van der Waals surface area contributed by atoms with Crippen LogP contribution >= 0.6 is 0 Å². The molecule has 3 aromatic rings. The molecule has 0 fully saturated rings. The van der Waals surface area contributed by atoms with E-state index in [4.69, 9.17) is 0 Å². The smallest absolute Gasteiger partial charge is 0.0743 e. The van der Waals surface area contributed by atoms with Crippen molar-refractivity contribution in [2.24, 2.45) is 5.92 Å². The largest absolute Gasteiger partial charge is 0.256 e. The van der Waals surface area contributed by atoms with Crippen molar-refractivity contribution in [1.82, 2.24) is 4.98 Å². The lowest BCUT2D eigenvalue weighted by molar-refractivity contribution is 0.717. The second-order valence-corrected chi connectivity index (χ2v) is 6.28. The summed E-state index contributed by atoms with van der Waals surface area (Å²) in [6.07, 6.45) is 4.26. The third kappa shape index (κ3) is 1.97. The van der Waals surface area contributed by atoms with E-state index in [9.17, 15) is 0 Å². The normalized spacial score (nSPS) is 16.9. The van der Waals surface area contributed by atoms with Gasteiger partial charge in [-0.1, -0.05) is 74.0 Å². The number of allylic oxidation sites excluding steroid dienone is 1. The number of pyridine rings is 1. The van der Waals surface area contributed by atoms with Gasteiger partial charge >= 0.3 is 0 Å². The Bertz CT molecular complexity index is 868. The van der Waals surface area contributed by atoms with E-state index in [-0.39, 0.29) is 0 Å². The van der Waals surface area contributed by atoms with Gasteiger partial charge in [-0.05, 0) is 28.7 Å². The molecule has 1 atom stereocenters. The molecule has 1 nitrogen and oxygen atoms in total. The number of fused-ring (bicyclic) bond motifs is 2. The number of para-hydroxylation sites is 1. The van der Waals surface area contributed by atoms with Crippen LogP contribution in [0.2, 0.25) is 0 Å². The quantitative estimate of drug-likeness (QED) is 0.612. The molecule has 1 aliphatic carbocycles. The summed E-state index contributed by atoms with van der Waals surface area (Å²) in [5.41, 5.74) is 6.69. The molecule has 108 valence electrons. The van der Waals surface area contributed by atoms with Gasteiger partial charge in [-0.3, -0.25) is 4.98 Å². The maximum absolute atomic E-state index is 4.67. The lowest BCUT2D eigenvalue weighted by atomic mass is 9.83. The van der Waals surface area contributed by atoms with Crippen LogP contribution in [0.15, 0.2) is 66.4 Å². The fourth-order valence-corrected chi connectivity index (χ4v) is 3.56. The van der Waals surface area contributed by atoms with Crippen molar-refractivity contribution in [3.8, 4) is 0 Å². The summed E-state index contributed by atoms with van der Waals surface area (Å²) >= 11 is 0.